The second-order valence-corrected chi connectivity index (χ2v) is 7.59. The normalized spacial score (nSPS) is 13.1. The summed E-state index contributed by atoms with van der Waals surface area (Å²) in [5.41, 5.74) is 6.29. The van der Waals surface area contributed by atoms with E-state index in [1.54, 1.807) is 0 Å². The van der Waals surface area contributed by atoms with Gasteiger partial charge in [-0.2, -0.15) is 0 Å². The molecule has 0 atom stereocenters. The number of para-hydroxylation sites is 2. The molecule has 0 N–H and O–H groups in total. The van der Waals surface area contributed by atoms with E-state index >= 15 is 0 Å². The second-order valence-electron chi connectivity index (χ2n) is 7.59. The molecule has 5 rings (SSSR count). The summed E-state index contributed by atoms with van der Waals surface area (Å²) in [6, 6.07) is 26.0. The Bertz CT molecular complexity index is 1380. The van der Waals surface area contributed by atoms with Crippen LogP contribution in [0.2, 0.25) is 0 Å². The summed E-state index contributed by atoms with van der Waals surface area (Å²) in [5.74, 6) is -0.0878. The molecule has 2 nitrogen and oxygen atoms in total. The van der Waals surface area contributed by atoms with E-state index in [1.807, 2.05) is 80.7 Å². The molecular formula is C27H23NO. The van der Waals surface area contributed by atoms with Crippen molar-refractivity contribution in [2.45, 2.75) is 20.2 Å². The van der Waals surface area contributed by atoms with Crippen LogP contribution < -0.4 is 0 Å². The van der Waals surface area contributed by atoms with Gasteiger partial charge in [0, 0.05) is 25.3 Å². The molecular weight excluding hydrogens is 354 g/mol. The maximum absolute atomic E-state index is 8.31. The van der Waals surface area contributed by atoms with Gasteiger partial charge in [-0.15, -0.1) is 0 Å². The third-order valence-corrected chi connectivity index (χ3v) is 5.11. The third-order valence-electron chi connectivity index (χ3n) is 5.11. The van der Waals surface area contributed by atoms with Gasteiger partial charge in [0.2, 0.25) is 0 Å². The lowest BCUT2D eigenvalue weighted by Crippen LogP contribution is -1.93. The fourth-order valence-electron chi connectivity index (χ4n) is 3.80. The van der Waals surface area contributed by atoms with Crippen LogP contribution in [0.3, 0.4) is 0 Å². The van der Waals surface area contributed by atoms with Gasteiger partial charge in [0.15, 0.2) is 0 Å². The summed E-state index contributed by atoms with van der Waals surface area (Å²) in [4.78, 5) is 4.62. The molecule has 2 aromatic heterocycles. The van der Waals surface area contributed by atoms with Gasteiger partial charge in [-0.05, 0) is 53.2 Å². The van der Waals surface area contributed by atoms with E-state index in [9.17, 15) is 0 Å². The van der Waals surface area contributed by atoms with Crippen molar-refractivity contribution in [2.24, 2.45) is 5.92 Å². The minimum Gasteiger partial charge on any atom is -0.455 e. The zero-order valence-corrected chi connectivity index (χ0v) is 16.5. The van der Waals surface area contributed by atoms with E-state index in [0.29, 0.717) is 5.56 Å². The number of nitrogens with zero attached hydrogens (tertiary/aromatic N) is 1. The van der Waals surface area contributed by atoms with E-state index in [4.69, 9.17) is 7.16 Å². The highest BCUT2D eigenvalue weighted by Gasteiger charge is 2.13. The lowest BCUT2D eigenvalue weighted by atomic mass is 9.98. The van der Waals surface area contributed by atoms with E-state index in [-0.39, 0.29) is 5.92 Å². The molecule has 0 radical (unpaired) electrons. The third kappa shape index (κ3) is 3.31. The van der Waals surface area contributed by atoms with Crippen molar-refractivity contribution in [1.82, 2.24) is 4.98 Å². The maximum atomic E-state index is 8.31. The molecule has 0 saturated heterocycles. The number of benzene rings is 3. The minimum absolute atomic E-state index is 0.0878. The molecule has 0 saturated carbocycles. The first kappa shape index (κ1) is 15.5. The van der Waals surface area contributed by atoms with Crippen molar-refractivity contribution >= 4 is 21.9 Å². The van der Waals surface area contributed by atoms with Crippen molar-refractivity contribution in [1.29, 1.82) is 0 Å². The Morgan fingerprint density at radius 1 is 0.862 bits per heavy atom. The van der Waals surface area contributed by atoms with Crippen LogP contribution in [0.1, 0.15) is 22.2 Å². The smallest absolute Gasteiger partial charge is 0.144 e. The molecule has 0 aliphatic heterocycles. The first-order valence-corrected chi connectivity index (χ1v) is 9.93. The van der Waals surface area contributed by atoms with Crippen molar-refractivity contribution in [3.05, 3.63) is 90.6 Å². The monoisotopic (exact) mass is 379 g/mol. The maximum Gasteiger partial charge on any atom is 0.144 e. The van der Waals surface area contributed by atoms with Gasteiger partial charge < -0.3 is 4.42 Å². The Balaban J connectivity index is 1.57. The molecule has 2 heterocycles. The number of furan rings is 1. The van der Waals surface area contributed by atoms with Gasteiger partial charge in [0.05, 0.1) is 5.69 Å². The summed E-state index contributed by atoms with van der Waals surface area (Å²) in [7, 11) is 0. The molecule has 0 amide bonds. The predicted octanol–water partition coefficient (Wildman–Crippen LogP) is 7.51. The molecule has 29 heavy (non-hydrogen) atoms. The average Bonchev–Trinajstić information content (AvgIpc) is 3.18. The van der Waals surface area contributed by atoms with E-state index in [2.05, 4.69) is 23.2 Å². The first-order valence-electron chi connectivity index (χ1n) is 10.9. The Morgan fingerprint density at radius 2 is 1.66 bits per heavy atom. The summed E-state index contributed by atoms with van der Waals surface area (Å²) in [6.07, 6.45) is 0.465. The fourth-order valence-corrected chi connectivity index (χ4v) is 3.80. The van der Waals surface area contributed by atoms with Crippen molar-refractivity contribution in [3.63, 3.8) is 0 Å². The molecule has 2 heteroatoms. The van der Waals surface area contributed by atoms with Crippen molar-refractivity contribution < 1.29 is 7.16 Å². The van der Waals surface area contributed by atoms with E-state index < -0.39 is 6.37 Å². The fraction of sp³-hybridized carbons (Fsp3) is 0.148. The number of hydrogen-bond donors (Lipinski definition) is 0. The predicted molar refractivity (Wildman–Crippen MR) is 121 cm³/mol. The van der Waals surface area contributed by atoms with Gasteiger partial charge in [-0.1, -0.05) is 68.4 Å². The van der Waals surface area contributed by atoms with Gasteiger partial charge >= 0.3 is 0 Å². The first-order chi connectivity index (χ1) is 14.9. The highest BCUT2D eigenvalue weighted by Crippen LogP contribution is 2.35. The van der Waals surface area contributed by atoms with E-state index in [0.717, 1.165) is 44.3 Å². The zero-order valence-electron chi connectivity index (χ0n) is 18.5. The topological polar surface area (TPSA) is 26.0 Å². The standard InChI is InChI=1S/C27H23NO/c1-18(2)16-19-10-12-20(13-11-19)21-14-15-28-25(17-21)24-8-5-7-23-22-6-3-4-9-26(22)29-27(23)24/h3-15,17-18H,16H2,1-2H3/i16D2. The Kier molecular flexibility index (Phi) is 3.86. The van der Waals surface area contributed by atoms with Crippen LogP contribution in [0.4, 0.5) is 0 Å². The number of aromatic nitrogens is 1. The molecule has 5 aromatic rings. The van der Waals surface area contributed by atoms with Gasteiger partial charge in [-0.3, -0.25) is 4.98 Å². The van der Waals surface area contributed by atoms with Gasteiger partial charge in [-0.25, -0.2) is 0 Å². The summed E-state index contributed by atoms with van der Waals surface area (Å²) >= 11 is 0. The second kappa shape index (κ2) is 7.21. The highest BCUT2D eigenvalue weighted by atomic mass is 16.3. The summed E-state index contributed by atoms with van der Waals surface area (Å²) in [6.45, 7) is 3.81. The lowest BCUT2D eigenvalue weighted by Gasteiger charge is -2.08. The zero-order chi connectivity index (χ0) is 21.6. The molecule has 0 fully saturated rings. The van der Waals surface area contributed by atoms with Crippen LogP contribution in [0.25, 0.3) is 44.3 Å². The van der Waals surface area contributed by atoms with Crippen molar-refractivity contribution in [2.75, 3.05) is 0 Å². The number of rotatable bonds is 4. The Morgan fingerprint density at radius 3 is 2.48 bits per heavy atom. The van der Waals surface area contributed by atoms with Crippen LogP contribution in [0, 0.1) is 5.92 Å². The number of pyridine rings is 1. The molecule has 3 aromatic carbocycles. The number of fused-ring (bicyclic) bond motifs is 3. The molecule has 0 aliphatic carbocycles. The minimum atomic E-state index is -1.35. The van der Waals surface area contributed by atoms with Crippen molar-refractivity contribution in [3.8, 4) is 22.4 Å². The quantitative estimate of drug-likeness (QED) is 0.323. The Hall–Kier alpha value is -3.39. The number of hydrogen-bond acceptors (Lipinski definition) is 2. The van der Waals surface area contributed by atoms with Gasteiger partial charge in [0.1, 0.15) is 11.2 Å². The van der Waals surface area contributed by atoms with Crippen LogP contribution >= 0.6 is 0 Å². The van der Waals surface area contributed by atoms with Gasteiger partial charge in [0.25, 0.3) is 0 Å². The largest absolute Gasteiger partial charge is 0.455 e. The molecule has 0 aliphatic rings. The molecule has 0 spiro atoms. The highest BCUT2D eigenvalue weighted by molar-refractivity contribution is 6.09. The SMILES string of the molecule is [2H]C([2H])(c1ccc(-c2ccnc(-c3cccc4c3oc3ccccc34)c2)cc1)C(C)C. The van der Waals surface area contributed by atoms with E-state index in [1.165, 1.54) is 0 Å². The molecule has 0 unspecified atom stereocenters. The van der Waals surface area contributed by atoms with Crippen LogP contribution in [0.5, 0.6) is 0 Å². The summed E-state index contributed by atoms with van der Waals surface area (Å²) in [5, 5.41) is 2.19. The average molecular weight is 379 g/mol. The van der Waals surface area contributed by atoms with Crippen LogP contribution in [-0.4, -0.2) is 4.98 Å². The molecule has 0 bridgehead atoms. The van der Waals surface area contributed by atoms with Crippen LogP contribution in [0.15, 0.2) is 89.5 Å². The Labute approximate surface area is 173 Å². The molecule has 142 valence electrons. The summed E-state index contributed by atoms with van der Waals surface area (Å²) < 4.78 is 22.8. The lowest BCUT2D eigenvalue weighted by molar-refractivity contribution is 0.647. The van der Waals surface area contributed by atoms with Crippen LogP contribution in [-0.2, 0) is 6.37 Å².